The summed E-state index contributed by atoms with van der Waals surface area (Å²) in [6.45, 7) is 5.92. The lowest BCUT2D eigenvalue weighted by Crippen LogP contribution is -2.31. The summed E-state index contributed by atoms with van der Waals surface area (Å²) >= 11 is 0. The first kappa shape index (κ1) is 14.8. The third-order valence-electron chi connectivity index (χ3n) is 3.96. The number of hydrogen-bond donors (Lipinski definition) is 2. The fourth-order valence-electron chi connectivity index (χ4n) is 2.56. The molecule has 1 fully saturated rings. The third-order valence-corrected chi connectivity index (χ3v) is 3.96. The smallest absolute Gasteiger partial charge is 0.255 e. The van der Waals surface area contributed by atoms with Crippen molar-refractivity contribution in [3.05, 3.63) is 23.9 Å². The maximum Gasteiger partial charge on any atom is 0.255 e. The molecule has 0 atom stereocenters. The van der Waals surface area contributed by atoms with E-state index in [1.165, 1.54) is 25.7 Å². The Kier molecular flexibility index (Phi) is 4.99. The van der Waals surface area contributed by atoms with Gasteiger partial charge < -0.3 is 10.6 Å². The molecule has 4 heteroatoms. The zero-order chi connectivity index (χ0) is 14.4. The van der Waals surface area contributed by atoms with E-state index in [0.717, 1.165) is 19.5 Å². The third kappa shape index (κ3) is 3.71. The van der Waals surface area contributed by atoms with E-state index in [0.29, 0.717) is 16.8 Å². The highest BCUT2D eigenvalue weighted by atomic mass is 16.1. The molecule has 0 spiro atoms. The predicted octanol–water partition coefficient (Wildman–Crippen LogP) is 3.21. The summed E-state index contributed by atoms with van der Waals surface area (Å²) in [5.74, 6) is 0.672. The van der Waals surface area contributed by atoms with Crippen molar-refractivity contribution in [3.63, 3.8) is 0 Å². The molecule has 1 heterocycles. The van der Waals surface area contributed by atoms with Crippen LogP contribution in [-0.4, -0.2) is 24.0 Å². The largest absolute Gasteiger partial charge is 0.369 e. The Morgan fingerprint density at radius 1 is 1.35 bits per heavy atom. The van der Waals surface area contributed by atoms with Gasteiger partial charge in [-0.1, -0.05) is 20.3 Å². The van der Waals surface area contributed by atoms with E-state index in [1.807, 2.05) is 12.1 Å². The molecule has 1 aromatic heterocycles. The normalized spacial score (nSPS) is 15.7. The number of carbonyl (C=O) groups is 1. The van der Waals surface area contributed by atoms with Crippen LogP contribution < -0.4 is 10.6 Å². The zero-order valence-corrected chi connectivity index (χ0v) is 12.5. The number of nitrogens with one attached hydrogen (secondary N) is 2. The minimum Gasteiger partial charge on any atom is -0.369 e. The van der Waals surface area contributed by atoms with Gasteiger partial charge in [-0.2, -0.15) is 0 Å². The average molecular weight is 275 g/mol. The molecule has 1 aliphatic carbocycles. The number of nitrogens with zero attached hydrogens (tertiary/aromatic N) is 1. The Morgan fingerprint density at radius 3 is 2.80 bits per heavy atom. The Hall–Kier alpha value is -1.58. The Morgan fingerprint density at radius 2 is 2.15 bits per heavy atom. The summed E-state index contributed by atoms with van der Waals surface area (Å²) in [4.78, 5) is 16.6. The van der Waals surface area contributed by atoms with Gasteiger partial charge in [0.2, 0.25) is 0 Å². The quantitative estimate of drug-likeness (QED) is 0.766. The van der Waals surface area contributed by atoms with E-state index in [2.05, 4.69) is 29.5 Å². The molecular formula is C16H25N3O. The summed E-state index contributed by atoms with van der Waals surface area (Å²) in [6, 6.07) is 3.64. The van der Waals surface area contributed by atoms with Crippen molar-refractivity contribution in [2.24, 2.45) is 5.41 Å². The van der Waals surface area contributed by atoms with E-state index in [-0.39, 0.29) is 5.91 Å². The van der Waals surface area contributed by atoms with Gasteiger partial charge in [0.25, 0.3) is 5.91 Å². The van der Waals surface area contributed by atoms with Crippen LogP contribution in [0.4, 0.5) is 5.82 Å². The minimum absolute atomic E-state index is 0.0147. The molecule has 2 rings (SSSR count). The summed E-state index contributed by atoms with van der Waals surface area (Å²) in [5, 5.41) is 6.29. The van der Waals surface area contributed by atoms with Gasteiger partial charge >= 0.3 is 0 Å². The molecule has 4 nitrogen and oxygen atoms in total. The monoisotopic (exact) mass is 275 g/mol. The number of carbonyl (C=O) groups excluding carboxylic acids is 1. The molecule has 1 saturated carbocycles. The highest BCUT2D eigenvalue weighted by Gasteiger charge is 2.41. The van der Waals surface area contributed by atoms with E-state index < -0.39 is 0 Å². The summed E-state index contributed by atoms with van der Waals surface area (Å²) in [6.07, 6.45) is 7.61. The first-order valence-corrected chi connectivity index (χ1v) is 7.68. The van der Waals surface area contributed by atoms with Gasteiger partial charge in [0.15, 0.2) is 0 Å². The number of anilines is 1. The first-order chi connectivity index (χ1) is 9.71. The van der Waals surface area contributed by atoms with Crippen LogP contribution in [-0.2, 0) is 0 Å². The maximum atomic E-state index is 12.3. The number of hydrogen-bond acceptors (Lipinski definition) is 3. The van der Waals surface area contributed by atoms with E-state index in [1.54, 1.807) is 6.20 Å². The summed E-state index contributed by atoms with van der Waals surface area (Å²) in [7, 11) is 0. The summed E-state index contributed by atoms with van der Waals surface area (Å²) in [5.41, 5.74) is 1.03. The molecule has 0 bridgehead atoms. The van der Waals surface area contributed by atoms with Gasteiger partial charge in [0, 0.05) is 19.3 Å². The number of amides is 1. The van der Waals surface area contributed by atoms with E-state index >= 15 is 0 Å². The Balaban J connectivity index is 1.95. The molecular weight excluding hydrogens is 250 g/mol. The van der Waals surface area contributed by atoms with Crippen LogP contribution in [0.2, 0.25) is 0 Å². The number of pyridine rings is 1. The highest BCUT2D eigenvalue weighted by molar-refractivity contribution is 5.98. The van der Waals surface area contributed by atoms with Gasteiger partial charge in [-0.05, 0) is 43.2 Å². The average Bonchev–Trinajstić information content (AvgIpc) is 3.23. The van der Waals surface area contributed by atoms with Crippen LogP contribution in [0.1, 0.15) is 56.3 Å². The lowest BCUT2D eigenvalue weighted by molar-refractivity contribution is 0.0944. The van der Waals surface area contributed by atoms with Crippen molar-refractivity contribution in [3.8, 4) is 0 Å². The maximum absolute atomic E-state index is 12.3. The van der Waals surface area contributed by atoms with Gasteiger partial charge in [-0.3, -0.25) is 4.79 Å². The molecule has 20 heavy (non-hydrogen) atoms. The lowest BCUT2D eigenvalue weighted by Gasteiger charge is -2.16. The van der Waals surface area contributed by atoms with Crippen molar-refractivity contribution in [1.29, 1.82) is 0 Å². The fourth-order valence-corrected chi connectivity index (χ4v) is 2.56. The molecule has 0 radical (unpaired) electrons. The van der Waals surface area contributed by atoms with Crippen molar-refractivity contribution in [2.75, 3.05) is 18.4 Å². The highest BCUT2D eigenvalue weighted by Crippen LogP contribution is 2.48. The molecule has 110 valence electrons. The van der Waals surface area contributed by atoms with E-state index in [9.17, 15) is 4.79 Å². The molecule has 2 N–H and O–H groups in total. The standard InChI is InChI=1S/C16H25N3O/c1-3-7-16(8-9-16)12-19-15(20)13-6-5-11-18-14(13)17-10-4-2/h5-6,11H,3-4,7-10,12H2,1-2H3,(H,17,18)(H,19,20). The van der Waals surface area contributed by atoms with Crippen LogP contribution in [0, 0.1) is 5.41 Å². The minimum atomic E-state index is -0.0147. The van der Waals surface area contributed by atoms with Crippen LogP contribution in [0.15, 0.2) is 18.3 Å². The number of rotatable bonds is 8. The van der Waals surface area contributed by atoms with Crippen LogP contribution >= 0.6 is 0 Å². The molecule has 0 unspecified atom stereocenters. The molecule has 0 saturated heterocycles. The second-order valence-electron chi connectivity index (χ2n) is 5.76. The topological polar surface area (TPSA) is 54.0 Å². The Bertz CT molecular complexity index is 455. The molecule has 1 amide bonds. The SMILES string of the molecule is CCCNc1ncccc1C(=O)NCC1(CCC)CC1. The molecule has 0 aromatic carbocycles. The molecule has 1 aliphatic rings. The van der Waals surface area contributed by atoms with Crippen molar-refractivity contribution < 1.29 is 4.79 Å². The van der Waals surface area contributed by atoms with Crippen LogP contribution in [0.3, 0.4) is 0 Å². The van der Waals surface area contributed by atoms with Gasteiger partial charge in [-0.25, -0.2) is 4.98 Å². The van der Waals surface area contributed by atoms with Crippen molar-refractivity contribution in [2.45, 2.75) is 46.0 Å². The van der Waals surface area contributed by atoms with Crippen molar-refractivity contribution in [1.82, 2.24) is 10.3 Å². The number of aromatic nitrogens is 1. The van der Waals surface area contributed by atoms with Crippen LogP contribution in [0.25, 0.3) is 0 Å². The predicted molar refractivity (Wildman–Crippen MR) is 81.9 cm³/mol. The van der Waals surface area contributed by atoms with E-state index in [4.69, 9.17) is 0 Å². The van der Waals surface area contributed by atoms with Crippen LogP contribution in [0.5, 0.6) is 0 Å². The van der Waals surface area contributed by atoms with Gasteiger partial charge in [0.1, 0.15) is 5.82 Å². The second kappa shape index (κ2) is 6.73. The van der Waals surface area contributed by atoms with Gasteiger partial charge in [-0.15, -0.1) is 0 Å². The second-order valence-corrected chi connectivity index (χ2v) is 5.76. The Labute approximate surface area is 121 Å². The summed E-state index contributed by atoms with van der Waals surface area (Å²) < 4.78 is 0. The van der Waals surface area contributed by atoms with Gasteiger partial charge in [0.05, 0.1) is 5.56 Å². The van der Waals surface area contributed by atoms with Crippen molar-refractivity contribution >= 4 is 11.7 Å². The molecule has 1 aromatic rings. The first-order valence-electron chi connectivity index (χ1n) is 7.68. The fraction of sp³-hybridized carbons (Fsp3) is 0.625. The lowest BCUT2D eigenvalue weighted by atomic mass is 10.0. The zero-order valence-electron chi connectivity index (χ0n) is 12.5. The molecule has 0 aliphatic heterocycles.